The molecule has 0 saturated heterocycles. The van der Waals surface area contributed by atoms with Crippen molar-refractivity contribution in [2.24, 2.45) is 5.92 Å². The second-order valence-electron chi connectivity index (χ2n) is 7.78. The summed E-state index contributed by atoms with van der Waals surface area (Å²) in [7, 11) is 0. The second-order valence-corrected chi connectivity index (χ2v) is 7.78. The van der Waals surface area contributed by atoms with Gasteiger partial charge in [-0.05, 0) is 47.4 Å². The number of nitrogens with zero attached hydrogens (tertiary/aromatic N) is 1. The molecule has 1 N–H and O–H groups in total. The molecule has 2 aromatic rings. The lowest BCUT2D eigenvalue weighted by molar-refractivity contribution is -0.385. The monoisotopic (exact) mass is 348 g/mol. The first-order chi connectivity index (χ1) is 12.5. The first kappa shape index (κ1) is 16.8. The van der Waals surface area contributed by atoms with Crippen molar-refractivity contribution in [3.8, 4) is 0 Å². The number of rotatable bonds is 3. The molecule has 0 unspecified atom stereocenters. The highest BCUT2D eigenvalue weighted by molar-refractivity contribution is 5.67. The van der Waals surface area contributed by atoms with E-state index in [1.807, 2.05) is 6.92 Å². The van der Waals surface area contributed by atoms with Gasteiger partial charge in [0.1, 0.15) is 0 Å². The van der Waals surface area contributed by atoms with E-state index in [-0.39, 0.29) is 22.6 Å². The van der Waals surface area contributed by atoms with Crippen LogP contribution >= 0.6 is 0 Å². The fourth-order valence-electron chi connectivity index (χ4n) is 4.39. The highest BCUT2D eigenvalue weighted by atomic mass is 16.6. The molecule has 0 bridgehead atoms. The Labute approximate surface area is 154 Å². The molecule has 0 fully saturated rings. The Morgan fingerprint density at radius 2 is 1.92 bits per heavy atom. The molecule has 0 spiro atoms. The van der Waals surface area contributed by atoms with Crippen molar-refractivity contribution in [2.45, 2.75) is 45.1 Å². The fraction of sp³-hybridized carbons (Fsp3) is 0.364. The van der Waals surface area contributed by atoms with E-state index < -0.39 is 0 Å². The van der Waals surface area contributed by atoms with Crippen LogP contribution in [0.1, 0.15) is 60.4 Å². The number of anilines is 1. The van der Waals surface area contributed by atoms with E-state index in [9.17, 15) is 10.1 Å². The number of nitro benzene ring substituents is 1. The molecule has 4 heteroatoms. The second kappa shape index (κ2) is 6.27. The van der Waals surface area contributed by atoms with Gasteiger partial charge in [-0.1, -0.05) is 50.3 Å². The maximum absolute atomic E-state index is 11.3. The zero-order chi connectivity index (χ0) is 18.4. The van der Waals surface area contributed by atoms with Crippen LogP contribution in [0.2, 0.25) is 0 Å². The van der Waals surface area contributed by atoms with Gasteiger partial charge in [-0.2, -0.15) is 0 Å². The number of aryl methyl sites for hydroxylation is 1. The normalized spacial score (nSPS) is 23.5. The smallest absolute Gasteiger partial charge is 0.270 e. The molecule has 4 rings (SSSR count). The van der Waals surface area contributed by atoms with Gasteiger partial charge in [0.05, 0.1) is 11.0 Å². The Balaban J connectivity index is 1.76. The van der Waals surface area contributed by atoms with Gasteiger partial charge in [0.15, 0.2) is 0 Å². The quantitative estimate of drug-likeness (QED) is 0.430. The number of nitrogens with one attached hydrogen (secondary N) is 1. The van der Waals surface area contributed by atoms with E-state index in [0.29, 0.717) is 11.8 Å². The van der Waals surface area contributed by atoms with Crippen molar-refractivity contribution in [1.29, 1.82) is 0 Å². The van der Waals surface area contributed by atoms with Gasteiger partial charge in [0.2, 0.25) is 0 Å². The molecular weight excluding hydrogens is 324 g/mol. The summed E-state index contributed by atoms with van der Waals surface area (Å²) in [5.74, 6) is 1.15. The highest BCUT2D eigenvalue weighted by Crippen LogP contribution is 2.51. The van der Waals surface area contributed by atoms with Gasteiger partial charge >= 0.3 is 0 Å². The summed E-state index contributed by atoms with van der Waals surface area (Å²) < 4.78 is 0. The number of nitro groups is 1. The van der Waals surface area contributed by atoms with Gasteiger partial charge in [-0.3, -0.25) is 10.1 Å². The van der Waals surface area contributed by atoms with Crippen LogP contribution in [0.15, 0.2) is 48.6 Å². The van der Waals surface area contributed by atoms with Crippen molar-refractivity contribution in [2.75, 3.05) is 5.32 Å². The maximum Gasteiger partial charge on any atom is 0.270 e. The van der Waals surface area contributed by atoms with Crippen LogP contribution in [0, 0.1) is 23.0 Å². The van der Waals surface area contributed by atoms with Crippen LogP contribution in [0.5, 0.6) is 0 Å². The Bertz CT molecular complexity index is 884. The number of hydrogen-bond acceptors (Lipinski definition) is 3. The number of allylic oxidation sites excluding steroid dienone is 2. The van der Waals surface area contributed by atoms with Gasteiger partial charge in [-0.15, -0.1) is 0 Å². The van der Waals surface area contributed by atoms with Crippen molar-refractivity contribution in [3.05, 3.63) is 80.9 Å². The van der Waals surface area contributed by atoms with Gasteiger partial charge in [-0.25, -0.2) is 0 Å². The predicted octanol–water partition coefficient (Wildman–Crippen LogP) is 5.85. The van der Waals surface area contributed by atoms with E-state index in [1.54, 1.807) is 12.1 Å². The van der Waals surface area contributed by atoms with E-state index in [0.717, 1.165) is 23.2 Å². The molecule has 0 aromatic heterocycles. The number of fused-ring (bicyclic) bond motifs is 3. The molecule has 26 heavy (non-hydrogen) atoms. The topological polar surface area (TPSA) is 55.2 Å². The summed E-state index contributed by atoms with van der Waals surface area (Å²) in [5, 5.41) is 15.0. The van der Waals surface area contributed by atoms with Gasteiger partial charge in [0, 0.05) is 23.7 Å². The third kappa shape index (κ3) is 2.70. The van der Waals surface area contributed by atoms with E-state index >= 15 is 0 Å². The SMILES string of the molecule is Cc1cc([N+](=O)[O-])cc2c1N[C@H](c1ccc(C(C)C)cc1)[C@H]1CC=C[C@@H]21. The van der Waals surface area contributed by atoms with E-state index in [4.69, 9.17) is 0 Å². The summed E-state index contributed by atoms with van der Waals surface area (Å²) in [6, 6.07) is 12.5. The van der Waals surface area contributed by atoms with Crippen LogP contribution in [0.3, 0.4) is 0 Å². The molecule has 1 heterocycles. The average molecular weight is 348 g/mol. The largest absolute Gasteiger partial charge is 0.377 e. The lowest BCUT2D eigenvalue weighted by atomic mass is 9.76. The Morgan fingerprint density at radius 3 is 2.58 bits per heavy atom. The minimum Gasteiger partial charge on any atom is -0.377 e. The lowest BCUT2D eigenvalue weighted by Gasteiger charge is -2.38. The Kier molecular flexibility index (Phi) is 4.06. The number of benzene rings is 2. The third-order valence-corrected chi connectivity index (χ3v) is 5.82. The molecule has 3 atom stereocenters. The van der Waals surface area contributed by atoms with Crippen molar-refractivity contribution in [3.63, 3.8) is 0 Å². The predicted molar refractivity (Wildman–Crippen MR) is 105 cm³/mol. The Morgan fingerprint density at radius 1 is 1.19 bits per heavy atom. The molecule has 2 aromatic carbocycles. The van der Waals surface area contributed by atoms with Crippen LogP contribution < -0.4 is 5.32 Å². The summed E-state index contributed by atoms with van der Waals surface area (Å²) in [6.07, 6.45) is 5.44. The first-order valence-corrected chi connectivity index (χ1v) is 9.27. The van der Waals surface area contributed by atoms with Crippen LogP contribution in [-0.2, 0) is 0 Å². The van der Waals surface area contributed by atoms with Gasteiger partial charge < -0.3 is 5.32 Å². The highest BCUT2D eigenvalue weighted by Gasteiger charge is 2.39. The molecule has 1 aliphatic carbocycles. The van der Waals surface area contributed by atoms with Gasteiger partial charge in [0.25, 0.3) is 5.69 Å². The summed E-state index contributed by atoms with van der Waals surface area (Å²) in [4.78, 5) is 11.0. The minimum absolute atomic E-state index is 0.182. The van der Waals surface area contributed by atoms with Crippen LogP contribution in [0.4, 0.5) is 11.4 Å². The van der Waals surface area contributed by atoms with Crippen molar-refractivity contribution >= 4 is 11.4 Å². The molecule has 0 amide bonds. The zero-order valence-electron chi connectivity index (χ0n) is 15.4. The molecule has 0 saturated carbocycles. The fourth-order valence-corrected chi connectivity index (χ4v) is 4.39. The van der Waals surface area contributed by atoms with E-state index in [2.05, 4.69) is 55.6 Å². The molecule has 4 nitrogen and oxygen atoms in total. The molecule has 134 valence electrons. The zero-order valence-corrected chi connectivity index (χ0v) is 15.4. The molecule has 0 radical (unpaired) electrons. The average Bonchev–Trinajstić information content (AvgIpc) is 3.11. The van der Waals surface area contributed by atoms with E-state index in [1.165, 1.54) is 11.1 Å². The molecular formula is C22H24N2O2. The van der Waals surface area contributed by atoms with Crippen LogP contribution in [0.25, 0.3) is 0 Å². The minimum atomic E-state index is -0.294. The standard InChI is InChI=1S/C22H24N2O2/c1-13(2)15-7-9-16(10-8-15)22-19-6-4-5-18(19)20-12-17(24(25)26)11-14(3)21(20)23-22/h4-5,7-13,18-19,22-23H,6H2,1-3H3/t18-,19+,22-/m1/s1. The number of hydrogen-bond donors (Lipinski definition) is 1. The van der Waals surface area contributed by atoms with Crippen molar-refractivity contribution in [1.82, 2.24) is 0 Å². The number of non-ortho nitro benzene ring substituents is 1. The summed E-state index contributed by atoms with van der Waals surface area (Å²) in [6.45, 7) is 6.37. The van der Waals surface area contributed by atoms with Crippen LogP contribution in [-0.4, -0.2) is 4.92 Å². The molecule has 2 aliphatic rings. The summed E-state index contributed by atoms with van der Waals surface area (Å²) >= 11 is 0. The maximum atomic E-state index is 11.3. The molecule has 1 aliphatic heterocycles. The van der Waals surface area contributed by atoms with Crippen molar-refractivity contribution < 1.29 is 4.92 Å². The first-order valence-electron chi connectivity index (χ1n) is 9.27. The lowest BCUT2D eigenvalue weighted by Crippen LogP contribution is -2.29. The summed E-state index contributed by atoms with van der Waals surface area (Å²) in [5.41, 5.74) is 5.87. The third-order valence-electron chi connectivity index (χ3n) is 5.82. The Hall–Kier alpha value is -2.62.